The van der Waals surface area contributed by atoms with Crippen molar-refractivity contribution in [3.8, 4) is 0 Å². The summed E-state index contributed by atoms with van der Waals surface area (Å²) in [6.45, 7) is 4.29. The number of rotatable bonds is 5. The van der Waals surface area contributed by atoms with Gasteiger partial charge in [0.05, 0.1) is 12.2 Å². The summed E-state index contributed by atoms with van der Waals surface area (Å²) in [5, 5.41) is 2.80. The van der Waals surface area contributed by atoms with Crippen LogP contribution >= 0.6 is 0 Å². The number of hydrogen-bond acceptors (Lipinski definition) is 3. The third kappa shape index (κ3) is 4.15. The SMILES string of the molecule is CCOC(=O)c1ccc(NC(=O)C[n+]2ccccc2C)cc1. The van der Waals surface area contributed by atoms with Gasteiger partial charge in [-0.25, -0.2) is 4.79 Å². The van der Waals surface area contributed by atoms with Crippen molar-refractivity contribution >= 4 is 17.6 Å². The molecule has 0 bridgehead atoms. The Balaban J connectivity index is 1.97. The fraction of sp³-hybridized carbons (Fsp3) is 0.235. The number of ether oxygens (including phenoxy) is 1. The number of hydrogen-bond donors (Lipinski definition) is 1. The first-order chi connectivity index (χ1) is 10.6. The summed E-state index contributed by atoms with van der Waals surface area (Å²) in [6.07, 6.45) is 1.86. The lowest BCUT2D eigenvalue weighted by Gasteiger charge is -2.05. The molecular formula is C17H19N2O3+. The molecule has 5 nitrogen and oxygen atoms in total. The first-order valence-electron chi connectivity index (χ1n) is 7.12. The molecule has 0 radical (unpaired) electrons. The lowest BCUT2D eigenvalue weighted by atomic mass is 10.2. The molecule has 0 aliphatic carbocycles. The first-order valence-corrected chi connectivity index (χ1v) is 7.12. The second kappa shape index (κ2) is 7.36. The fourth-order valence-electron chi connectivity index (χ4n) is 2.00. The van der Waals surface area contributed by atoms with Crippen LogP contribution in [-0.2, 0) is 16.1 Å². The number of amides is 1. The number of aromatic nitrogens is 1. The summed E-state index contributed by atoms with van der Waals surface area (Å²) in [5.41, 5.74) is 2.12. The monoisotopic (exact) mass is 299 g/mol. The lowest BCUT2D eigenvalue weighted by Crippen LogP contribution is -2.42. The highest BCUT2D eigenvalue weighted by atomic mass is 16.5. The molecule has 0 saturated carbocycles. The van der Waals surface area contributed by atoms with E-state index in [1.165, 1.54) is 0 Å². The van der Waals surface area contributed by atoms with E-state index in [2.05, 4.69) is 5.32 Å². The third-order valence-corrected chi connectivity index (χ3v) is 3.16. The number of aryl methyl sites for hydroxylation is 1. The van der Waals surface area contributed by atoms with Gasteiger partial charge in [-0.2, -0.15) is 4.57 Å². The van der Waals surface area contributed by atoms with E-state index >= 15 is 0 Å². The van der Waals surface area contributed by atoms with Crippen LogP contribution in [0.3, 0.4) is 0 Å². The highest BCUT2D eigenvalue weighted by molar-refractivity contribution is 5.92. The molecule has 1 aromatic carbocycles. The zero-order chi connectivity index (χ0) is 15.9. The number of nitrogens with one attached hydrogen (secondary N) is 1. The van der Waals surface area contributed by atoms with Gasteiger partial charge >= 0.3 is 5.97 Å². The van der Waals surface area contributed by atoms with Crippen LogP contribution in [0, 0.1) is 6.92 Å². The summed E-state index contributed by atoms with van der Waals surface area (Å²) in [7, 11) is 0. The number of esters is 1. The van der Waals surface area contributed by atoms with Crippen LogP contribution in [-0.4, -0.2) is 18.5 Å². The largest absolute Gasteiger partial charge is 0.462 e. The van der Waals surface area contributed by atoms with Crippen molar-refractivity contribution in [1.82, 2.24) is 0 Å². The quantitative estimate of drug-likeness (QED) is 0.679. The smallest absolute Gasteiger partial charge is 0.338 e. The van der Waals surface area contributed by atoms with Gasteiger partial charge in [-0.3, -0.25) is 4.79 Å². The van der Waals surface area contributed by atoms with Gasteiger partial charge in [0, 0.05) is 24.7 Å². The minimum absolute atomic E-state index is 0.122. The Morgan fingerprint density at radius 3 is 2.50 bits per heavy atom. The number of nitrogens with zero attached hydrogens (tertiary/aromatic N) is 1. The van der Waals surface area contributed by atoms with Crippen molar-refractivity contribution in [3.05, 3.63) is 59.9 Å². The molecule has 0 saturated heterocycles. The predicted octanol–water partition coefficient (Wildman–Crippen LogP) is 2.10. The minimum Gasteiger partial charge on any atom is -0.462 e. The Hall–Kier alpha value is -2.69. The molecule has 5 heteroatoms. The Bertz CT molecular complexity index is 666. The van der Waals surface area contributed by atoms with Crippen molar-refractivity contribution in [1.29, 1.82) is 0 Å². The summed E-state index contributed by atoms with van der Waals surface area (Å²) >= 11 is 0. The van der Waals surface area contributed by atoms with Crippen molar-refractivity contribution in [2.75, 3.05) is 11.9 Å². The van der Waals surface area contributed by atoms with Gasteiger partial charge in [0.2, 0.25) is 6.54 Å². The van der Waals surface area contributed by atoms with E-state index in [1.54, 1.807) is 31.2 Å². The van der Waals surface area contributed by atoms with Crippen LogP contribution in [0.15, 0.2) is 48.7 Å². The first kappa shape index (κ1) is 15.7. The standard InChI is InChI=1S/C17H18N2O3/c1-3-22-17(21)14-7-9-15(10-8-14)18-16(20)12-19-11-5-4-6-13(19)2/h4-11H,3,12H2,1-2H3/p+1. The minimum atomic E-state index is -0.365. The van der Waals surface area contributed by atoms with Crippen molar-refractivity contribution in [2.24, 2.45) is 0 Å². The summed E-state index contributed by atoms with van der Waals surface area (Å²) in [4.78, 5) is 23.6. The van der Waals surface area contributed by atoms with Gasteiger partial charge in [0.15, 0.2) is 11.9 Å². The zero-order valence-electron chi connectivity index (χ0n) is 12.7. The number of carbonyl (C=O) groups is 2. The van der Waals surface area contributed by atoms with E-state index in [9.17, 15) is 9.59 Å². The maximum absolute atomic E-state index is 12.0. The lowest BCUT2D eigenvalue weighted by molar-refractivity contribution is -0.690. The van der Waals surface area contributed by atoms with Gasteiger partial charge in [0.25, 0.3) is 5.91 Å². The molecule has 0 atom stereocenters. The molecule has 114 valence electrons. The summed E-state index contributed by atoms with van der Waals surface area (Å²) < 4.78 is 6.77. The van der Waals surface area contributed by atoms with Gasteiger partial charge in [0.1, 0.15) is 0 Å². The molecule has 0 unspecified atom stereocenters. The van der Waals surface area contributed by atoms with Crippen molar-refractivity contribution in [3.63, 3.8) is 0 Å². The molecule has 1 aromatic heterocycles. The van der Waals surface area contributed by atoms with Crippen LogP contribution in [0.25, 0.3) is 0 Å². The highest BCUT2D eigenvalue weighted by Crippen LogP contribution is 2.10. The van der Waals surface area contributed by atoms with Crippen molar-refractivity contribution < 1.29 is 18.9 Å². The third-order valence-electron chi connectivity index (χ3n) is 3.16. The van der Waals surface area contributed by atoms with Crippen LogP contribution in [0.4, 0.5) is 5.69 Å². The predicted molar refractivity (Wildman–Crippen MR) is 82.4 cm³/mol. The fourth-order valence-corrected chi connectivity index (χ4v) is 2.00. The van der Waals surface area contributed by atoms with Crippen LogP contribution in [0.5, 0.6) is 0 Å². The maximum atomic E-state index is 12.0. The van der Waals surface area contributed by atoms with Gasteiger partial charge < -0.3 is 10.1 Å². The average molecular weight is 299 g/mol. The van der Waals surface area contributed by atoms with Gasteiger partial charge in [-0.1, -0.05) is 6.07 Å². The second-order valence-corrected chi connectivity index (χ2v) is 4.82. The van der Waals surface area contributed by atoms with E-state index < -0.39 is 0 Å². The summed E-state index contributed by atoms with van der Waals surface area (Å²) in [5.74, 6) is -0.487. The summed E-state index contributed by atoms with van der Waals surface area (Å²) in [6, 6.07) is 12.4. The molecule has 0 aliphatic rings. The molecule has 2 rings (SSSR count). The molecule has 0 spiro atoms. The Morgan fingerprint density at radius 2 is 1.86 bits per heavy atom. The molecule has 2 aromatic rings. The molecule has 0 aliphatic heterocycles. The second-order valence-electron chi connectivity index (χ2n) is 4.82. The molecule has 1 amide bonds. The van der Waals surface area contributed by atoms with E-state index in [4.69, 9.17) is 4.74 Å². The van der Waals surface area contributed by atoms with Crippen molar-refractivity contribution in [2.45, 2.75) is 20.4 Å². The molecule has 0 fully saturated rings. The zero-order valence-corrected chi connectivity index (χ0v) is 12.7. The van der Waals surface area contributed by atoms with Crippen LogP contribution in [0.2, 0.25) is 0 Å². The van der Waals surface area contributed by atoms with Crippen LogP contribution in [0.1, 0.15) is 23.0 Å². The van der Waals surface area contributed by atoms with E-state index in [0.717, 1.165) is 5.69 Å². The molecule has 1 N–H and O–H groups in total. The van der Waals surface area contributed by atoms with Gasteiger partial charge in [-0.15, -0.1) is 0 Å². The normalized spacial score (nSPS) is 10.1. The Labute approximate surface area is 129 Å². The van der Waals surface area contributed by atoms with E-state index in [0.29, 0.717) is 17.9 Å². The Morgan fingerprint density at radius 1 is 1.14 bits per heavy atom. The number of carbonyl (C=O) groups excluding carboxylic acids is 2. The van der Waals surface area contributed by atoms with E-state index in [1.807, 2.05) is 35.9 Å². The van der Waals surface area contributed by atoms with E-state index in [-0.39, 0.29) is 18.4 Å². The highest BCUT2D eigenvalue weighted by Gasteiger charge is 2.12. The molecule has 22 heavy (non-hydrogen) atoms. The Kier molecular flexibility index (Phi) is 5.25. The topological polar surface area (TPSA) is 59.3 Å². The maximum Gasteiger partial charge on any atom is 0.338 e. The van der Waals surface area contributed by atoms with Crippen LogP contribution < -0.4 is 9.88 Å². The average Bonchev–Trinajstić information content (AvgIpc) is 2.50. The number of anilines is 1. The molecule has 1 heterocycles. The van der Waals surface area contributed by atoms with Gasteiger partial charge in [-0.05, 0) is 31.2 Å². The number of benzene rings is 1. The number of pyridine rings is 1. The molecular weight excluding hydrogens is 280 g/mol.